The van der Waals surface area contributed by atoms with Crippen molar-refractivity contribution in [2.24, 2.45) is 5.92 Å². The Kier molecular flexibility index (Phi) is 3.21. The van der Waals surface area contributed by atoms with E-state index in [1.54, 1.807) is 6.20 Å². The first-order valence-electron chi connectivity index (χ1n) is 7.36. The third kappa shape index (κ3) is 2.22. The second-order valence-electron chi connectivity index (χ2n) is 6.39. The molecule has 0 aromatic carbocycles. The molecule has 4 heteroatoms. The second kappa shape index (κ2) is 4.75. The zero-order chi connectivity index (χ0) is 13.6. The fourth-order valence-corrected chi connectivity index (χ4v) is 3.61. The molecule has 2 unspecified atom stereocenters. The van der Waals surface area contributed by atoms with Crippen molar-refractivity contribution < 1.29 is 4.79 Å². The Morgan fingerprint density at radius 1 is 1.32 bits per heavy atom. The minimum Gasteiger partial charge on any atom is -0.300 e. The minimum atomic E-state index is 0.207. The monoisotopic (exact) mass is 261 g/mol. The van der Waals surface area contributed by atoms with Crippen LogP contribution >= 0.6 is 0 Å². The maximum Gasteiger partial charge on any atom is 0.169 e. The van der Waals surface area contributed by atoms with Gasteiger partial charge < -0.3 is 4.90 Å². The first-order valence-corrected chi connectivity index (χ1v) is 7.36. The number of rotatable bonds is 3. The van der Waals surface area contributed by atoms with E-state index in [-0.39, 0.29) is 5.92 Å². The van der Waals surface area contributed by atoms with Crippen molar-refractivity contribution in [2.75, 3.05) is 7.05 Å². The second-order valence-corrected chi connectivity index (χ2v) is 6.39. The van der Waals surface area contributed by atoms with Gasteiger partial charge in [0.15, 0.2) is 5.78 Å². The van der Waals surface area contributed by atoms with Gasteiger partial charge in [-0.15, -0.1) is 0 Å². The number of hydrogen-bond donors (Lipinski definition) is 0. The van der Waals surface area contributed by atoms with Crippen LogP contribution in [0.3, 0.4) is 0 Å². The Morgan fingerprint density at radius 2 is 1.95 bits per heavy atom. The first-order chi connectivity index (χ1) is 9.06. The van der Waals surface area contributed by atoms with E-state index < -0.39 is 0 Å². The van der Waals surface area contributed by atoms with Crippen LogP contribution in [0, 0.1) is 5.92 Å². The van der Waals surface area contributed by atoms with Crippen molar-refractivity contribution in [3.05, 3.63) is 18.0 Å². The summed E-state index contributed by atoms with van der Waals surface area (Å²) in [7, 11) is 2.21. The maximum atomic E-state index is 12.6. The van der Waals surface area contributed by atoms with Crippen LogP contribution in [0.25, 0.3) is 0 Å². The molecule has 0 saturated carbocycles. The molecule has 3 rings (SSSR count). The summed E-state index contributed by atoms with van der Waals surface area (Å²) in [6, 6.07) is 1.55. The molecule has 19 heavy (non-hydrogen) atoms. The molecule has 0 aliphatic carbocycles. The molecule has 1 aromatic rings. The Balaban J connectivity index is 1.74. The van der Waals surface area contributed by atoms with Gasteiger partial charge >= 0.3 is 0 Å². The quantitative estimate of drug-likeness (QED) is 0.785. The number of carbonyl (C=O) groups excluding carboxylic acids is 1. The molecule has 2 aliphatic heterocycles. The summed E-state index contributed by atoms with van der Waals surface area (Å²) in [5.74, 6) is 0.510. The highest BCUT2D eigenvalue weighted by molar-refractivity contribution is 5.97. The molecular formula is C15H23N3O. The average molecular weight is 261 g/mol. The summed E-state index contributed by atoms with van der Waals surface area (Å²) >= 11 is 0. The molecule has 2 fully saturated rings. The molecule has 0 N–H and O–H groups in total. The van der Waals surface area contributed by atoms with E-state index in [4.69, 9.17) is 0 Å². The summed E-state index contributed by atoms with van der Waals surface area (Å²) in [4.78, 5) is 15.1. The molecule has 104 valence electrons. The van der Waals surface area contributed by atoms with Gasteiger partial charge in [-0.25, -0.2) is 0 Å². The molecule has 2 aliphatic rings. The lowest BCUT2D eigenvalue weighted by Crippen LogP contribution is -2.42. The molecule has 3 heterocycles. The van der Waals surface area contributed by atoms with Crippen LogP contribution in [0.15, 0.2) is 12.4 Å². The van der Waals surface area contributed by atoms with Gasteiger partial charge in [0.1, 0.15) is 0 Å². The van der Waals surface area contributed by atoms with E-state index in [1.165, 1.54) is 12.8 Å². The van der Waals surface area contributed by atoms with Crippen LogP contribution in [0.4, 0.5) is 0 Å². The highest BCUT2D eigenvalue weighted by Gasteiger charge is 2.41. The van der Waals surface area contributed by atoms with Gasteiger partial charge in [0.2, 0.25) is 0 Å². The lowest BCUT2D eigenvalue weighted by Gasteiger charge is -2.35. The third-order valence-corrected chi connectivity index (χ3v) is 4.88. The highest BCUT2D eigenvalue weighted by atomic mass is 16.1. The summed E-state index contributed by atoms with van der Waals surface area (Å²) in [5, 5.41) is 4.29. The normalized spacial score (nSPS) is 31.1. The Morgan fingerprint density at radius 3 is 2.47 bits per heavy atom. The van der Waals surface area contributed by atoms with Crippen molar-refractivity contribution in [3.63, 3.8) is 0 Å². The van der Waals surface area contributed by atoms with Gasteiger partial charge in [-0.2, -0.15) is 5.10 Å². The number of piperidine rings is 1. The van der Waals surface area contributed by atoms with Crippen molar-refractivity contribution in [3.8, 4) is 0 Å². The Labute approximate surface area is 114 Å². The average Bonchev–Trinajstić information content (AvgIpc) is 2.92. The SMILES string of the molecule is CC(C)n1cc(C(=O)C2CC3CCC(C2)N3C)cn1. The lowest BCUT2D eigenvalue weighted by atomic mass is 9.86. The van der Waals surface area contributed by atoms with Crippen molar-refractivity contribution >= 4 is 5.78 Å². The van der Waals surface area contributed by atoms with Gasteiger partial charge in [0.05, 0.1) is 11.8 Å². The molecule has 0 radical (unpaired) electrons. The number of Topliss-reactive ketones (excluding diaryl/α,β-unsaturated/α-hetero) is 1. The topological polar surface area (TPSA) is 38.1 Å². The number of hydrogen-bond acceptors (Lipinski definition) is 3. The molecular weight excluding hydrogens is 238 g/mol. The van der Waals surface area contributed by atoms with Crippen LogP contribution < -0.4 is 0 Å². The fourth-order valence-electron chi connectivity index (χ4n) is 3.61. The molecule has 2 bridgehead atoms. The Bertz CT molecular complexity index is 465. The molecule has 2 atom stereocenters. The van der Waals surface area contributed by atoms with Crippen LogP contribution in [0.2, 0.25) is 0 Å². The zero-order valence-corrected chi connectivity index (χ0v) is 12.0. The largest absolute Gasteiger partial charge is 0.300 e. The van der Waals surface area contributed by atoms with Gasteiger partial charge in [0.25, 0.3) is 0 Å². The summed E-state index contributed by atoms with van der Waals surface area (Å²) in [5.41, 5.74) is 0.794. The predicted molar refractivity (Wildman–Crippen MR) is 74.2 cm³/mol. The highest BCUT2D eigenvalue weighted by Crippen LogP contribution is 2.38. The van der Waals surface area contributed by atoms with E-state index in [0.717, 1.165) is 18.4 Å². The van der Waals surface area contributed by atoms with E-state index in [2.05, 4.69) is 30.9 Å². The summed E-state index contributed by atoms with van der Waals surface area (Å²) < 4.78 is 1.87. The number of carbonyl (C=O) groups is 1. The summed E-state index contributed by atoms with van der Waals surface area (Å²) in [6.07, 6.45) is 8.22. The van der Waals surface area contributed by atoms with Crippen molar-refractivity contribution in [2.45, 2.75) is 57.7 Å². The van der Waals surface area contributed by atoms with Crippen molar-refractivity contribution in [1.29, 1.82) is 0 Å². The van der Waals surface area contributed by atoms with E-state index in [1.807, 2.05) is 10.9 Å². The number of fused-ring (bicyclic) bond motifs is 2. The smallest absolute Gasteiger partial charge is 0.169 e. The van der Waals surface area contributed by atoms with E-state index >= 15 is 0 Å². The van der Waals surface area contributed by atoms with Crippen LogP contribution in [-0.4, -0.2) is 39.6 Å². The molecule has 4 nitrogen and oxygen atoms in total. The summed E-state index contributed by atoms with van der Waals surface area (Å²) in [6.45, 7) is 4.16. The number of nitrogens with zero attached hydrogens (tertiary/aromatic N) is 3. The fraction of sp³-hybridized carbons (Fsp3) is 0.733. The zero-order valence-electron chi connectivity index (χ0n) is 12.0. The first kappa shape index (κ1) is 12.9. The van der Waals surface area contributed by atoms with Crippen molar-refractivity contribution in [1.82, 2.24) is 14.7 Å². The Hall–Kier alpha value is -1.16. The molecule has 2 saturated heterocycles. The number of ketones is 1. The van der Waals surface area contributed by atoms with E-state index in [0.29, 0.717) is 23.9 Å². The molecule has 0 amide bonds. The maximum absolute atomic E-state index is 12.6. The predicted octanol–water partition coefficient (Wildman–Crippen LogP) is 2.52. The van der Waals surface area contributed by atoms with Gasteiger partial charge in [-0.1, -0.05) is 0 Å². The molecule has 1 aromatic heterocycles. The van der Waals surface area contributed by atoms with Crippen LogP contribution in [0.1, 0.15) is 55.9 Å². The lowest BCUT2D eigenvalue weighted by molar-refractivity contribution is 0.0767. The van der Waals surface area contributed by atoms with E-state index in [9.17, 15) is 4.79 Å². The minimum absolute atomic E-state index is 0.207. The van der Waals surface area contributed by atoms with Gasteiger partial charge in [-0.3, -0.25) is 9.48 Å². The molecule has 0 spiro atoms. The standard InChI is InChI=1S/C15H23N3O/c1-10(2)18-9-12(8-16-18)15(19)11-6-13-4-5-14(7-11)17(13)3/h8-11,13-14H,4-7H2,1-3H3. The van der Waals surface area contributed by atoms with Crippen LogP contribution in [-0.2, 0) is 0 Å². The van der Waals surface area contributed by atoms with Gasteiger partial charge in [0, 0.05) is 30.2 Å². The van der Waals surface area contributed by atoms with Gasteiger partial charge in [-0.05, 0) is 46.6 Å². The third-order valence-electron chi connectivity index (χ3n) is 4.88. The van der Waals surface area contributed by atoms with Crippen LogP contribution in [0.5, 0.6) is 0 Å². The number of aromatic nitrogens is 2.